The Labute approximate surface area is 208 Å². The lowest BCUT2D eigenvalue weighted by molar-refractivity contribution is 0.0882. The molecular formula is C28H35N5OSi. The maximum atomic E-state index is 5.93. The number of aromatic nitrogens is 4. The standard InChI is InChI=1S/C28H35N5OSi/c1-35(2,3)16-15-34-20-33-19-29-18-27(33)24-12-8-22(9-13-24)21-6-10-23(11-7-21)26-17-31-28(32-26)25-5-4-14-30-25/h6-13,17-19,25,30H,4-5,14-16,20H2,1-3H3,(H,31,32)/t25-/m1/s1. The molecule has 35 heavy (non-hydrogen) atoms. The first-order chi connectivity index (χ1) is 17.0. The molecule has 2 aromatic heterocycles. The monoisotopic (exact) mass is 485 g/mol. The third-order valence-corrected chi connectivity index (χ3v) is 8.34. The van der Waals surface area contributed by atoms with Gasteiger partial charge in [-0.2, -0.15) is 0 Å². The average Bonchev–Trinajstić information content (AvgIpc) is 3.63. The molecule has 1 aliphatic rings. The highest BCUT2D eigenvalue weighted by Crippen LogP contribution is 2.28. The normalized spacial score (nSPS) is 16.1. The smallest absolute Gasteiger partial charge is 0.124 e. The van der Waals surface area contributed by atoms with Crippen molar-refractivity contribution in [3.8, 4) is 33.6 Å². The Balaban J connectivity index is 1.24. The molecule has 2 aromatic carbocycles. The van der Waals surface area contributed by atoms with E-state index in [1.807, 2.05) is 18.7 Å². The van der Waals surface area contributed by atoms with Crippen LogP contribution in [0.15, 0.2) is 67.3 Å². The van der Waals surface area contributed by atoms with E-state index in [1.54, 1.807) is 0 Å². The van der Waals surface area contributed by atoms with Crippen molar-refractivity contribution in [1.29, 1.82) is 0 Å². The molecule has 0 bridgehead atoms. The quantitative estimate of drug-likeness (QED) is 0.214. The lowest BCUT2D eigenvalue weighted by atomic mass is 10.0. The fourth-order valence-corrected chi connectivity index (χ4v) is 5.22. The SMILES string of the molecule is C[Si](C)(C)CCOCn1cncc1-c1ccc(-c2ccc(-c3cnc([C@H]4CCCN4)[nH]3)cc2)cc1. The number of aromatic amines is 1. The molecule has 2 N–H and O–H groups in total. The number of rotatable bonds is 9. The van der Waals surface area contributed by atoms with E-state index >= 15 is 0 Å². The van der Waals surface area contributed by atoms with Crippen LogP contribution in [-0.4, -0.2) is 40.7 Å². The fourth-order valence-electron chi connectivity index (χ4n) is 4.46. The number of ether oxygens (including phenoxy) is 1. The molecule has 0 aliphatic carbocycles. The van der Waals surface area contributed by atoms with E-state index in [9.17, 15) is 0 Å². The summed E-state index contributed by atoms with van der Waals surface area (Å²) in [6, 6.07) is 18.9. The maximum Gasteiger partial charge on any atom is 0.124 e. The van der Waals surface area contributed by atoms with Crippen molar-refractivity contribution in [2.24, 2.45) is 0 Å². The number of H-pyrrole nitrogens is 1. The van der Waals surface area contributed by atoms with Gasteiger partial charge in [0.15, 0.2) is 0 Å². The van der Waals surface area contributed by atoms with Crippen molar-refractivity contribution in [3.05, 3.63) is 73.1 Å². The maximum absolute atomic E-state index is 5.93. The first kappa shape index (κ1) is 23.7. The van der Waals surface area contributed by atoms with Gasteiger partial charge < -0.3 is 19.6 Å². The number of nitrogens with one attached hydrogen (secondary N) is 2. The van der Waals surface area contributed by atoms with E-state index in [2.05, 4.69) is 93.0 Å². The van der Waals surface area contributed by atoms with Gasteiger partial charge in [0.1, 0.15) is 12.6 Å². The third kappa shape index (κ3) is 5.81. The van der Waals surface area contributed by atoms with Crippen molar-refractivity contribution in [3.63, 3.8) is 0 Å². The lowest BCUT2D eigenvalue weighted by Crippen LogP contribution is -2.22. The number of benzene rings is 2. The Kier molecular flexibility index (Phi) is 6.99. The van der Waals surface area contributed by atoms with Gasteiger partial charge in [-0.05, 0) is 47.7 Å². The van der Waals surface area contributed by atoms with Crippen LogP contribution in [0.4, 0.5) is 0 Å². The van der Waals surface area contributed by atoms with Crippen molar-refractivity contribution in [1.82, 2.24) is 24.8 Å². The summed E-state index contributed by atoms with van der Waals surface area (Å²) < 4.78 is 8.01. The number of hydrogen-bond donors (Lipinski definition) is 2. The molecule has 0 saturated carbocycles. The van der Waals surface area contributed by atoms with E-state index in [0.29, 0.717) is 12.8 Å². The zero-order valence-corrected chi connectivity index (χ0v) is 21.9. The van der Waals surface area contributed by atoms with Crippen molar-refractivity contribution >= 4 is 8.07 Å². The summed E-state index contributed by atoms with van der Waals surface area (Å²) in [6.45, 7) is 9.53. The van der Waals surface area contributed by atoms with Gasteiger partial charge >= 0.3 is 0 Å². The Morgan fingerprint density at radius 2 is 1.63 bits per heavy atom. The summed E-state index contributed by atoms with van der Waals surface area (Å²) in [7, 11) is -1.08. The average molecular weight is 486 g/mol. The van der Waals surface area contributed by atoms with E-state index in [0.717, 1.165) is 47.9 Å². The number of hydrogen-bond acceptors (Lipinski definition) is 4. The van der Waals surface area contributed by atoms with Crippen LogP contribution in [0.2, 0.25) is 25.7 Å². The van der Waals surface area contributed by atoms with Crippen LogP contribution in [0.1, 0.15) is 24.7 Å². The molecule has 1 atom stereocenters. The fraction of sp³-hybridized carbons (Fsp3) is 0.357. The van der Waals surface area contributed by atoms with Gasteiger partial charge in [0.25, 0.3) is 0 Å². The van der Waals surface area contributed by atoms with Crippen molar-refractivity contribution in [2.75, 3.05) is 13.2 Å². The topological polar surface area (TPSA) is 67.8 Å². The highest BCUT2D eigenvalue weighted by molar-refractivity contribution is 6.76. The Hall–Kier alpha value is -3.00. The highest BCUT2D eigenvalue weighted by atomic mass is 28.3. The van der Waals surface area contributed by atoms with Gasteiger partial charge in [-0.15, -0.1) is 0 Å². The van der Waals surface area contributed by atoms with Gasteiger partial charge in [0.05, 0.1) is 36.2 Å². The Morgan fingerprint density at radius 3 is 2.29 bits per heavy atom. The number of nitrogens with zero attached hydrogens (tertiary/aromatic N) is 3. The summed E-state index contributed by atoms with van der Waals surface area (Å²) in [4.78, 5) is 12.4. The minimum atomic E-state index is -1.08. The van der Waals surface area contributed by atoms with Gasteiger partial charge in [0.2, 0.25) is 0 Å². The van der Waals surface area contributed by atoms with Gasteiger partial charge in [-0.1, -0.05) is 68.2 Å². The molecule has 1 fully saturated rings. The van der Waals surface area contributed by atoms with Gasteiger partial charge in [-0.25, -0.2) is 9.97 Å². The molecule has 0 amide bonds. The predicted octanol–water partition coefficient (Wildman–Crippen LogP) is 6.34. The van der Waals surface area contributed by atoms with Crippen LogP contribution in [0, 0.1) is 0 Å². The minimum absolute atomic E-state index is 0.356. The van der Waals surface area contributed by atoms with Crippen LogP contribution in [0.25, 0.3) is 33.6 Å². The molecule has 6 nitrogen and oxygen atoms in total. The molecule has 0 spiro atoms. The predicted molar refractivity (Wildman–Crippen MR) is 145 cm³/mol. The summed E-state index contributed by atoms with van der Waals surface area (Å²) >= 11 is 0. The highest BCUT2D eigenvalue weighted by Gasteiger charge is 2.19. The summed E-state index contributed by atoms with van der Waals surface area (Å²) in [5.74, 6) is 1.04. The molecule has 182 valence electrons. The lowest BCUT2D eigenvalue weighted by Gasteiger charge is -2.16. The van der Waals surface area contributed by atoms with Crippen LogP contribution < -0.4 is 5.32 Å². The molecule has 1 saturated heterocycles. The van der Waals surface area contributed by atoms with E-state index < -0.39 is 8.07 Å². The largest absolute Gasteiger partial charge is 0.361 e. The van der Waals surface area contributed by atoms with E-state index in [4.69, 9.17) is 4.74 Å². The summed E-state index contributed by atoms with van der Waals surface area (Å²) in [5, 5.41) is 3.50. The molecule has 3 heterocycles. The van der Waals surface area contributed by atoms with Crippen molar-refractivity contribution < 1.29 is 4.74 Å². The van der Waals surface area contributed by atoms with E-state index in [-0.39, 0.29) is 0 Å². The zero-order valence-electron chi connectivity index (χ0n) is 20.9. The first-order valence-corrected chi connectivity index (χ1v) is 16.2. The molecule has 5 rings (SSSR count). The van der Waals surface area contributed by atoms with Crippen LogP contribution in [0.3, 0.4) is 0 Å². The molecule has 0 radical (unpaired) electrons. The number of imidazole rings is 2. The van der Waals surface area contributed by atoms with Gasteiger partial charge in [0, 0.05) is 14.7 Å². The molecule has 0 unspecified atom stereocenters. The zero-order chi connectivity index (χ0) is 24.3. The summed E-state index contributed by atoms with van der Waals surface area (Å²) in [5.41, 5.74) is 6.82. The molecule has 4 aromatic rings. The second-order valence-corrected chi connectivity index (χ2v) is 16.2. The first-order valence-electron chi connectivity index (χ1n) is 12.5. The molecular weight excluding hydrogens is 450 g/mol. The van der Waals surface area contributed by atoms with Crippen LogP contribution in [-0.2, 0) is 11.5 Å². The molecule has 7 heteroatoms. The van der Waals surface area contributed by atoms with Crippen LogP contribution in [0.5, 0.6) is 0 Å². The van der Waals surface area contributed by atoms with Crippen molar-refractivity contribution in [2.45, 2.75) is 51.3 Å². The second kappa shape index (κ2) is 10.3. The Bertz CT molecular complexity index is 1230. The Morgan fingerprint density at radius 1 is 0.943 bits per heavy atom. The molecule has 1 aliphatic heterocycles. The van der Waals surface area contributed by atoms with Gasteiger partial charge in [-0.3, -0.25) is 0 Å². The third-order valence-electron chi connectivity index (χ3n) is 6.63. The summed E-state index contributed by atoms with van der Waals surface area (Å²) in [6.07, 6.45) is 8.06. The van der Waals surface area contributed by atoms with E-state index in [1.165, 1.54) is 23.6 Å². The minimum Gasteiger partial charge on any atom is -0.361 e. The van der Waals surface area contributed by atoms with Crippen LogP contribution >= 0.6 is 0 Å². The second-order valence-electron chi connectivity index (χ2n) is 10.6.